The average molecular weight is 370 g/mol. The van der Waals surface area contributed by atoms with E-state index in [9.17, 15) is 14.0 Å². The molecule has 2 aromatic rings. The van der Waals surface area contributed by atoms with Gasteiger partial charge in [-0.25, -0.2) is 4.39 Å². The van der Waals surface area contributed by atoms with Crippen LogP contribution in [-0.4, -0.2) is 17.9 Å². The second kappa shape index (κ2) is 8.15. The number of halogens is 1. The number of rotatable bonds is 5. The van der Waals surface area contributed by atoms with Crippen molar-refractivity contribution in [3.8, 4) is 12.3 Å². The third kappa shape index (κ3) is 3.94. The van der Waals surface area contributed by atoms with E-state index in [1.54, 1.807) is 18.2 Å². The highest BCUT2D eigenvalue weighted by Crippen LogP contribution is 2.31. The van der Waals surface area contributed by atoms with Crippen LogP contribution in [0.1, 0.15) is 36.6 Å². The smallest absolute Gasteiger partial charge is 0.303 e. The van der Waals surface area contributed by atoms with Crippen LogP contribution in [0.2, 0.25) is 0 Å². The molecule has 1 heterocycles. The Kier molecular flexibility index (Phi) is 5.69. The number of carbonyl (C=O) groups excluding carboxylic acids is 2. The molecule has 0 radical (unpaired) electrons. The fraction of sp³-hybridized carbons (Fsp3) is 0.300. The highest BCUT2D eigenvalue weighted by molar-refractivity contribution is 7.10. The number of hydrogen-bond acceptors (Lipinski definition) is 3. The van der Waals surface area contributed by atoms with E-state index in [-0.39, 0.29) is 17.6 Å². The van der Waals surface area contributed by atoms with Gasteiger partial charge in [-0.1, -0.05) is 25.0 Å². The summed E-state index contributed by atoms with van der Waals surface area (Å²) in [5, 5.41) is 4.85. The number of benzene rings is 1. The molecule has 1 fully saturated rings. The molecule has 0 spiro atoms. The lowest BCUT2D eigenvalue weighted by molar-refractivity contribution is -0.125. The monoisotopic (exact) mass is 370 g/mol. The molecule has 1 aliphatic carbocycles. The minimum atomic E-state index is -0.930. The zero-order valence-corrected chi connectivity index (χ0v) is 15.0. The molecule has 0 bridgehead atoms. The minimum absolute atomic E-state index is 0.0975. The predicted molar refractivity (Wildman–Crippen MR) is 100 cm³/mol. The molecule has 1 aliphatic rings. The van der Waals surface area contributed by atoms with Gasteiger partial charge >= 0.3 is 5.91 Å². The van der Waals surface area contributed by atoms with Crippen molar-refractivity contribution in [3.63, 3.8) is 0 Å². The van der Waals surface area contributed by atoms with Crippen LogP contribution in [0.3, 0.4) is 0 Å². The van der Waals surface area contributed by atoms with Crippen molar-refractivity contribution >= 4 is 28.8 Å². The zero-order valence-electron chi connectivity index (χ0n) is 14.2. The molecule has 26 heavy (non-hydrogen) atoms. The number of carbonyl (C=O) groups is 2. The predicted octanol–water partition coefficient (Wildman–Crippen LogP) is 3.65. The first-order chi connectivity index (χ1) is 12.6. The Morgan fingerprint density at radius 3 is 2.65 bits per heavy atom. The van der Waals surface area contributed by atoms with E-state index >= 15 is 0 Å². The number of amides is 2. The molecule has 134 valence electrons. The van der Waals surface area contributed by atoms with Gasteiger partial charge in [-0.3, -0.25) is 14.5 Å². The zero-order chi connectivity index (χ0) is 18.5. The van der Waals surface area contributed by atoms with Gasteiger partial charge in [-0.2, -0.15) is 0 Å². The average Bonchev–Trinajstić information content (AvgIpc) is 3.32. The fourth-order valence-electron chi connectivity index (χ4n) is 3.25. The summed E-state index contributed by atoms with van der Waals surface area (Å²) < 4.78 is 13.7. The maximum absolute atomic E-state index is 13.7. The van der Waals surface area contributed by atoms with Gasteiger partial charge < -0.3 is 5.32 Å². The Morgan fingerprint density at radius 2 is 2.04 bits per heavy atom. The molecule has 0 saturated heterocycles. The maximum Gasteiger partial charge on any atom is 0.303 e. The molecular weight excluding hydrogens is 351 g/mol. The summed E-state index contributed by atoms with van der Waals surface area (Å²) in [5.74, 6) is 0.578. The molecule has 1 N–H and O–H groups in total. The fourth-order valence-corrected chi connectivity index (χ4v) is 4.06. The second-order valence-corrected chi connectivity index (χ2v) is 7.19. The van der Waals surface area contributed by atoms with Gasteiger partial charge in [0.25, 0.3) is 0 Å². The molecular formula is C20H19FN2O2S. The summed E-state index contributed by atoms with van der Waals surface area (Å²) in [4.78, 5) is 27.4. The number of nitrogens with one attached hydrogen (secondary N) is 1. The quantitative estimate of drug-likeness (QED) is 0.817. The minimum Gasteiger partial charge on any atom is -0.351 e. The molecule has 1 aromatic heterocycles. The molecule has 0 unspecified atom stereocenters. The van der Waals surface area contributed by atoms with Gasteiger partial charge in [0.15, 0.2) is 6.04 Å². The van der Waals surface area contributed by atoms with Crippen molar-refractivity contribution in [1.29, 1.82) is 0 Å². The van der Waals surface area contributed by atoms with Gasteiger partial charge in [-0.15, -0.1) is 17.8 Å². The lowest BCUT2D eigenvalue weighted by atomic mass is 10.1. The number of hydrogen-bond donors (Lipinski definition) is 1. The molecule has 1 atom stereocenters. The van der Waals surface area contributed by atoms with Crippen LogP contribution in [-0.2, 0) is 9.59 Å². The molecule has 1 aromatic carbocycles. The van der Waals surface area contributed by atoms with Crippen LogP contribution in [0.4, 0.5) is 10.1 Å². The topological polar surface area (TPSA) is 49.4 Å². The Bertz CT molecular complexity index is 823. The van der Waals surface area contributed by atoms with Crippen LogP contribution in [0.5, 0.6) is 0 Å². The van der Waals surface area contributed by atoms with E-state index in [0.29, 0.717) is 4.88 Å². The maximum atomic E-state index is 13.7. The molecule has 2 amide bonds. The molecule has 3 rings (SSSR count). The van der Waals surface area contributed by atoms with Gasteiger partial charge in [0, 0.05) is 16.6 Å². The molecule has 0 aliphatic heterocycles. The van der Waals surface area contributed by atoms with E-state index in [4.69, 9.17) is 6.42 Å². The summed E-state index contributed by atoms with van der Waals surface area (Å²) in [6, 6.07) is 8.30. The highest BCUT2D eigenvalue weighted by atomic mass is 32.1. The lowest BCUT2D eigenvalue weighted by Crippen LogP contribution is -2.45. The normalized spacial score (nSPS) is 15.2. The van der Waals surface area contributed by atoms with E-state index in [0.717, 1.165) is 25.7 Å². The Labute approximate surface area is 156 Å². The van der Waals surface area contributed by atoms with Crippen molar-refractivity contribution in [2.24, 2.45) is 0 Å². The van der Waals surface area contributed by atoms with Crippen LogP contribution >= 0.6 is 11.3 Å². The highest BCUT2D eigenvalue weighted by Gasteiger charge is 2.34. The number of thiophene rings is 1. The summed E-state index contributed by atoms with van der Waals surface area (Å²) in [5.41, 5.74) is 0.257. The van der Waals surface area contributed by atoms with E-state index in [1.807, 2.05) is 5.38 Å². The van der Waals surface area contributed by atoms with Gasteiger partial charge in [0.05, 0.1) is 0 Å². The van der Waals surface area contributed by atoms with Crippen molar-refractivity contribution in [2.45, 2.75) is 37.8 Å². The summed E-state index contributed by atoms with van der Waals surface area (Å²) in [6.45, 7) is 0. The summed E-state index contributed by atoms with van der Waals surface area (Å²) >= 11 is 1.36. The van der Waals surface area contributed by atoms with E-state index in [2.05, 4.69) is 11.2 Å². The van der Waals surface area contributed by atoms with Gasteiger partial charge in [0.1, 0.15) is 5.82 Å². The van der Waals surface area contributed by atoms with Crippen molar-refractivity contribution in [1.82, 2.24) is 5.32 Å². The standard InChI is InChI=1S/C20H19FN2O2S/c1-2-18(24)23(16-10-5-7-14(21)13-16)19(17-11-6-12-26-17)20(25)22-15-8-3-4-9-15/h1,5-7,10-13,15,19H,3-4,8-9H2,(H,22,25)/t19-/m1/s1. The van der Waals surface area contributed by atoms with Gasteiger partial charge in [-0.05, 0) is 48.4 Å². The Balaban J connectivity index is 2.00. The number of anilines is 1. The van der Waals surface area contributed by atoms with Crippen LogP contribution in [0.15, 0.2) is 41.8 Å². The lowest BCUT2D eigenvalue weighted by Gasteiger charge is -2.30. The van der Waals surface area contributed by atoms with Crippen molar-refractivity contribution in [2.75, 3.05) is 4.90 Å². The third-order valence-electron chi connectivity index (χ3n) is 4.45. The molecule has 6 heteroatoms. The van der Waals surface area contributed by atoms with Crippen LogP contribution in [0, 0.1) is 18.2 Å². The van der Waals surface area contributed by atoms with E-state index in [1.165, 1.54) is 34.4 Å². The SMILES string of the molecule is C#CC(=O)N(c1cccc(F)c1)[C@@H](C(=O)NC1CCCC1)c1cccs1. The summed E-state index contributed by atoms with van der Waals surface area (Å²) in [7, 11) is 0. The molecule has 1 saturated carbocycles. The number of nitrogens with zero attached hydrogens (tertiary/aromatic N) is 1. The van der Waals surface area contributed by atoms with E-state index < -0.39 is 17.8 Å². The van der Waals surface area contributed by atoms with Crippen LogP contribution in [0.25, 0.3) is 0 Å². The van der Waals surface area contributed by atoms with Crippen LogP contribution < -0.4 is 10.2 Å². The Hall–Kier alpha value is -2.65. The first kappa shape index (κ1) is 18.2. The summed E-state index contributed by atoms with van der Waals surface area (Å²) in [6.07, 6.45) is 9.33. The molecule has 4 nitrogen and oxygen atoms in total. The number of terminal acetylenes is 1. The first-order valence-electron chi connectivity index (χ1n) is 8.49. The second-order valence-electron chi connectivity index (χ2n) is 6.21. The first-order valence-corrected chi connectivity index (χ1v) is 9.37. The van der Waals surface area contributed by atoms with Crippen molar-refractivity contribution < 1.29 is 14.0 Å². The van der Waals surface area contributed by atoms with Gasteiger partial charge in [0.2, 0.25) is 5.91 Å². The third-order valence-corrected chi connectivity index (χ3v) is 5.37. The van der Waals surface area contributed by atoms with Crippen molar-refractivity contribution in [3.05, 3.63) is 52.5 Å². The largest absolute Gasteiger partial charge is 0.351 e. The Morgan fingerprint density at radius 1 is 1.27 bits per heavy atom.